The third-order valence-electron chi connectivity index (χ3n) is 4.17. The van der Waals surface area contributed by atoms with Gasteiger partial charge in [-0.2, -0.15) is 0 Å². The number of carboxylic acids is 1. The normalized spacial score (nSPS) is 21.3. The molecule has 1 saturated carbocycles. The van der Waals surface area contributed by atoms with Gasteiger partial charge >= 0.3 is 5.97 Å². The molecule has 0 aliphatic heterocycles. The number of carbonyl (C=O) groups is 3. The van der Waals surface area contributed by atoms with Gasteiger partial charge in [0.05, 0.1) is 5.92 Å². The molecule has 0 aromatic carbocycles. The number of aromatic nitrogens is 1. The quantitative estimate of drug-likeness (QED) is 0.737. The Labute approximate surface area is 122 Å². The van der Waals surface area contributed by atoms with E-state index < -0.39 is 11.9 Å². The van der Waals surface area contributed by atoms with Crippen LogP contribution in [0, 0.1) is 19.8 Å². The molecule has 0 radical (unpaired) electrons. The van der Waals surface area contributed by atoms with Crippen molar-refractivity contribution in [1.29, 1.82) is 0 Å². The van der Waals surface area contributed by atoms with Gasteiger partial charge in [0, 0.05) is 17.3 Å². The number of aliphatic carboxylic acids is 1. The number of Topliss-reactive ketones (excluding diaryl/α,β-unsaturated/α-hetero) is 1. The first-order chi connectivity index (χ1) is 9.82. The summed E-state index contributed by atoms with van der Waals surface area (Å²) in [5.41, 5.74) is 2.14. The molecule has 6 nitrogen and oxygen atoms in total. The van der Waals surface area contributed by atoms with E-state index in [1.165, 1.54) is 6.92 Å². The van der Waals surface area contributed by atoms with Crippen molar-refractivity contribution in [2.75, 3.05) is 0 Å². The van der Waals surface area contributed by atoms with Crippen molar-refractivity contribution in [3.05, 3.63) is 22.5 Å². The molecule has 1 aromatic rings. The molecule has 0 unspecified atom stereocenters. The van der Waals surface area contributed by atoms with Crippen molar-refractivity contribution < 1.29 is 19.5 Å². The summed E-state index contributed by atoms with van der Waals surface area (Å²) in [4.78, 5) is 38.0. The molecule has 1 aliphatic rings. The van der Waals surface area contributed by atoms with Crippen molar-refractivity contribution in [2.45, 2.75) is 46.1 Å². The molecule has 2 rings (SSSR count). The van der Waals surface area contributed by atoms with E-state index in [1.54, 1.807) is 13.8 Å². The lowest BCUT2D eigenvalue weighted by molar-refractivity contribution is -0.142. The van der Waals surface area contributed by atoms with E-state index in [1.807, 2.05) is 0 Å². The first-order valence-corrected chi connectivity index (χ1v) is 7.06. The molecular weight excluding hydrogens is 272 g/mol. The van der Waals surface area contributed by atoms with E-state index in [0.717, 1.165) is 6.42 Å². The summed E-state index contributed by atoms with van der Waals surface area (Å²) in [6, 6.07) is -0.348. The Hall–Kier alpha value is -2.11. The van der Waals surface area contributed by atoms with Gasteiger partial charge in [0.1, 0.15) is 5.69 Å². The summed E-state index contributed by atoms with van der Waals surface area (Å²) in [7, 11) is 0. The predicted octanol–water partition coefficient (Wildman–Crippen LogP) is 1.82. The largest absolute Gasteiger partial charge is 0.481 e. The van der Waals surface area contributed by atoms with E-state index in [9.17, 15) is 14.4 Å². The number of amides is 1. The zero-order chi connectivity index (χ0) is 15.7. The van der Waals surface area contributed by atoms with Crippen LogP contribution in [0.4, 0.5) is 0 Å². The Morgan fingerprint density at radius 1 is 1.24 bits per heavy atom. The average Bonchev–Trinajstić information content (AvgIpc) is 2.93. The average molecular weight is 292 g/mol. The summed E-state index contributed by atoms with van der Waals surface area (Å²) in [6.07, 6.45) is 2.05. The molecule has 3 N–H and O–H groups in total. The van der Waals surface area contributed by atoms with Crippen LogP contribution < -0.4 is 5.32 Å². The van der Waals surface area contributed by atoms with Crippen molar-refractivity contribution in [1.82, 2.24) is 10.3 Å². The number of H-pyrrole nitrogens is 1. The third-order valence-corrected chi connectivity index (χ3v) is 4.17. The molecule has 2 atom stereocenters. The molecule has 0 saturated heterocycles. The van der Waals surface area contributed by atoms with E-state index in [2.05, 4.69) is 10.3 Å². The topological polar surface area (TPSA) is 99.3 Å². The maximum absolute atomic E-state index is 12.3. The van der Waals surface area contributed by atoms with E-state index in [-0.39, 0.29) is 17.7 Å². The number of aryl methyl sites for hydroxylation is 1. The first-order valence-electron chi connectivity index (χ1n) is 7.06. The molecular formula is C15H20N2O4. The number of ketones is 1. The number of hydrogen-bond acceptors (Lipinski definition) is 3. The highest BCUT2D eigenvalue weighted by Crippen LogP contribution is 2.26. The fourth-order valence-electron chi connectivity index (χ4n) is 3.17. The summed E-state index contributed by atoms with van der Waals surface area (Å²) in [5.74, 6) is -1.84. The van der Waals surface area contributed by atoms with Crippen LogP contribution in [0.25, 0.3) is 0 Å². The van der Waals surface area contributed by atoms with E-state index in [4.69, 9.17) is 5.11 Å². The minimum absolute atomic E-state index is 0.0930. The van der Waals surface area contributed by atoms with Gasteiger partial charge in [-0.05, 0) is 39.2 Å². The zero-order valence-electron chi connectivity index (χ0n) is 12.4. The summed E-state index contributed by atoms with van der Waals surface area (Å²) < 4.78 is 0. The second-order valence-corrected chi connectivity index (χ2v) is 5.64. The fraction of sp³-hybridized carbons (Fsp3) is 0.533. The van der Waals surface area contributed by atoms with Crippen molar-refractivity contribution in [3.63, 3.8) is 0 Å². The first kappa shape index (κ1) is 15.3. The highest BCUT2D eigenvalue weighted by molar-refractivity contribution is 6.02. The number of carbonyl (C=O) groups excluding carboxylic acids is 2. The predicted molar refractivity (Wildman–Crippen MR) is 76.5 cm³/mol. The van der Waals surface area contributed by atoms with Crippen LogP contribution in [0.3, 0.4) is 0 Å². The maximum atomic E-state index is 12.3. The molecule has 1 fully saturated rings. The Balaban J connectivity index is 2.20. The minimum atomic E-state index is -0.874. The van der Waals surface area contributed by atoms with Gasteiger partial charge in [0.25, 0.3) is 5.91 Å². The van der Waals surface area contributed by atoms with Crippen LogP contribution in [0.2, 0.25) is 0 Å². The van der Waals surface area contributed by atoms with Gasteiger partial charge in [-0.3, -0.25) is 14.4 Å². The smallest absolute Gasteiger partial charge is 0.308 e. The standard InChI is InChI=1S/C15H20N2O4/c1-7-12(9(3)18)8(2)16-13(7)14(19)17-11-6-4-5-10(11)15(20)21/h10-11,16H,4-6H2,1-3H3,(H,17,19)(H,20,21)/t10-,11+/m0/s1. The van der Waals surface area contributed by atoms with Crippen LogP contribution in [0.5, 0.6) is 0 Å². The lowest BCUT2D eigenvalue weighted by atomic mass is 10.0. The van der Waals surface area contributed by atoms with Gasteiger partial charge < -0.3 is 15.4 Å². The molecule has 1 heterocycles. The molecule has 1 aliphatic carbocycles. The summed E-state index contributed by atoms with van der Waals surface area (Å²) in [6.45, 7) is 4.93. The van der Waals surface area contributed by atoms with Gasteiger partial charge in [-0.1, -0.05) is 6.42 Å². The Bertz CT molecular complexity index is 603. The Kier molecular flexibility index (Phi) is 4.16. The van der Waals surface area contributed by atoms with Crippen LogP contribution in [0.15, 0.2) is 0 Å². The second-order valence-electron chi connectivity index (χ2n) is 5.64. The molecule has 6 heteroatoms. The molecule has 1 aromatic heterocycles. The van der Waals surface area contributed by atoms with Gasteiger partial charge in [-0.25, -0.2) is 0 Å². The van der Waals surface area contributed by atoms with E-state index in [0.29, 0.717) is 35.4 Å². The lowest BCUT2D eigenvalue weighted by Gasteiger charge is -2.17. The molecule has 1 amide bonds. The van der Waals surface area contributed by atoms with Crippen molar-refractivity contribution in [2.24, 2.45) is 5.92 Å². The van der Waals surface area contributed by atoms with Crippen molar-refractivity contribution >= 4 is 17.7 Å². The highest BCUT2D eigenvalue weighted by atomic mass is 16.4. The van der Waals surface area contributed by atoms with E-state index >= 15 is 0 Å². The van der Waals surface area contributed by atoms with Crippen LogP contribution in [-0.4, -0.2) is 33.8 Å². The highest BCUT2D eigenvalue weighted by Gasteiger charge is 2.34. The minimum Gasteiger partial charge on any atom is -0.481 e. The second kappa shape index (κ2) is 5.71. The van der Waals surface area contributed by atoms with Crippen LogP contribution >= 0.6 is 0 Å². The van der Waals surface area contributed by atoms with Crippen LogP contribution in [-0.2, 0) is 4.79 Å². The van der Waals surface area contributed by atoms with Crippen molar-refractivity contribution in [3.8, 4) is 0 Å². The number of nitrogens with one attached hydrogen (secondary N) is 2. The summed E-state index contributed by atoms with van der Waals surface area (Å²) >= 11 is 0. The fourth-order valence-corrected chi connectivity index (χ4v) is 3.17. The lowest BCUT2D eigenvalue weighted by Crippen LogP contribution is -2.40. The summed E-state index contributed by atoms with van der Waals surface area (Å²) in [5, 5.41) is 11.9. The van der Waals surface area contributed by atoms with Crippen LogP contribution in [0.1, 0.15) is 58.3 Å². The maximum Gasteiger partial charge on any atom is 0.308 e. The third kappa shape index (κ3) is 2.84. The Morgan fingerprint density at radius 3 is 2.43 bits per heavy atom. The van der Waals surface area contributed by atoms with Gasteiger partial charge in [-0.15, -0.1) is 0 Å². The molecule has 0 bridgehead atoms. The number of carboxylic acid groups (broad SMARTS) is 1. The van der Waals surface area contributed by atoms with Gasteiger partial charge in [0.15, 0.2) is 5.78 Å². The van der Waals surface area contributed by atoms with Gasteiger partial charge in [0.2, 0.25) is 0 Å². The Morgan fingerprint density at radius 2 is 1.90 bits per heavy atom. The number of rotatable bonds is 4. The zero-order valence-corrected chi connectivity index (χ0v) is 12.4. The number of hydrogen-bond donors (Lipinski definition) is 3. The monoisotopic (exact) mass is 292 g/mol. The molecule has 21 heavy (non-hydrogen) atoms. The molecule has 114 valence electrons. The number of aromatic amines is 1. The SMILES string of the molecule is CC(=O)c1c(C)[nH]c(C(=O)N[C@@H]2CCC[C@@H]2C(=O)O)c1C. The molecule has 0 spiro atoms.